The highest BCUT2D eigenvalue weighted by Crippen LogP contribution is 2.45. The first-order valence-electron chi connectivity index (χ1n) is 18.6. The molecule has 0 nitrogen and oxygen atoms in total. The average Bonchev–Trinajstić information content (AvgIpc) is 3.19. The summed E-state index contributed by atoms with van der Waals surface area (Å²) in [5.74, 6) is 0. The SMILES string of the molecule is [2H]c1c([2H])c([2H])c2c(-c3cccc(-c4cc5ccc6ccccc6c5c5ccccc45)c3)c3c([2H])c([2H])c([2H])c([2H])c3c(-c3ccccc3)c2c1[2H]. The Hall–Kier alpha value is -5.72. The quantitative estimate of drug-likeness (QED) is 0.148. The summed E-state index contributed by atoms with van der Waals surface area (Å²) in [6.45, 7) is 0. The second-order valence-corrected chi connectivity index (χ2v) is 11.1. The van der Waals surface area contributed by atoms with Gasteiger partial charge in [0, 0.05) is 0 Å². The van der Waals surface area contributed by atoms with Crippen LogP contribution < -0.4 is 0 Å². The van der Waals surface area contributed by atoms with Crippen LogP contribution in [0.2, 0.25) is 0 Å². The van der Waals surface area contributed by atoms with Crippen LogP contribution in [0.25, 0.3) is 87.2 Å². The van der Waals surface area contributed by atoms with Crippen LogP contribution in [0.5, 0.6) is 0 Å². The van der Waals surface area contributed by atoms with Gasteiger partial charge in [-0.15, -0.1) is 0 Å². The highest BCUT2D eigenvalue weighted by atomic mass is 14.2. The Morgan fingerprint density at radius 3 is 1.57 bits per heavy atom. The van der Waals surface area contributed by atoms with Crippen molar-refractivity contribution >= 4 is 53.9 Å². The maximum absolute atomic E-state index is 9.27. The number of rotatable bonds is 3. The molecule has 0 atom stereocenters. The third-order valence-electron chi connectivity index (χ3n) is 8.65. The molecule has 0 aliphatic heterocycles. The molecule has 9 aromatic rings. The fourth-order valence-electron chi connectivity index (χ4n) is 6.77. The first kappa shape index (κ1) is 18.1. The standard InChI is InChI=1S/C44H28/c1-2-14-30(15-3-1)42-37-21-8-10-23-39(37)44(40-24-11-9-22-38(40)42)32-17-12-16-31(27-32)41-28-33-26-25-29-13-4-5-18-34(29)43(33)36-20-7-6-19-35(36)41/h1-28H/i8D,9D,10D,11D,21D,22D,23D,24D. The molecule has 0 spiro atoms. The van der Waals surface area contributed by atoms with Crippen molar-refractivity contribution in [3.8, 4) is 33.4 Å². The van der Waals surface area contributed by atoms with Gasteiger partial charge in [0.15, 0.2) is 0 Å². The second kappa shape index (κ2) is 9.93. The summed E-state index contributed by atoms with van der Waals surface area (Å²) < 4.78 is 71.7. The molecule has 9 aromatic carbocycles. The lowest BCUT2D eigenvalue weighted by molar-refractivity contribution is 1.64. The maximum atomic E-state index is 9.27. The summed E-state index contributed by atoms with van der Waals surface area (Å²) in [5, 5.41) is 7.52. The average molecular weight is 565 g/mol. The molecule has 44 heavy (non-hydrogen) atoms. The molecule has 0 unspecified atom stereocenters. The normalized spacial score (nSPS) is 14.2. The van der Waals surface area contributed by atoms with E-state index in [9.17, 15) is 5.48 Å². The van der Waals surface area contributed by atoms with E-state index in [1.165, 1.54) is 0 Å². The molecule has 9 rings (SSSR count). The molecule has 0 fully saturated rings. The largest absolute Gasteiger partial charge is 0.0629 e. The first-order valence-corrected chi connectivity index (χ1v) is 14.6. The summed E-state index contributed by atoms with van der Waals surface area (Å²) in [6, 6.07) is 37.1. The van der Waals surface area contributed by atoms with E-state index in [0.29, 0.717) is 22.3 Å². The summed E-state index contributed by atoms with van der Waals surface area (Å²) in [6.07, 6.45) is 0. The Morgan fingerprint density at radius 2 is 0.864 bits per heavy atom. The van der Waals surface area contributed by atoms with Gasteiger partial charge < -0.3 is 0 Å². The molecule has 0 aliphatic rings. The van der Waals surface area contributed by atoms with Gasteiger partial charge in [-0.05, 0) is 99.4 Å². The molecule has 0 N–H and O–H groups in total. The van der Waals surface area contributed by atoms with Crippen molar-refractivity contribution in [1.29, 1.82) is 0 Å². The Kier molecular flexibility index (Phi) is 4.08. The van der Waals surface area contributed by atoms with Crippen molar-refractivity contribution in [2.24, 2.45) is 0 Å². The highest BCUT2D eigenvalue weighted by molar-refractivity contribution is 6.24. The van der Waals surface area contributed by atoms with E-state index < -0.39 is 24.2 Å². The third kappa shape index (κ3) is 3.78. The predicted octanol–water partition coefficient (Wildman–Crippen LogP) is 12.5. The zero-order valence-corrected chi connectivity index (χ0v) is 23.5. The van der Waals surface area contributed by atoms with Crippen LogP contribution >= 0.6 is 0 Å². The van der Waals surface area contributed by atoms with Gasteiger partial charge in [-0.25, -0.2) is 0 Å². The van der Waals surface area contributed by atoms with Crippen LogP contribution in [0.3, 0.4) is 0 Å². The Morgan fingerprint density at radius 1 is 0.341 bits per heavy atom. The van der Waals surface area contributed by atoms with Gasteiger partial charge in [-0.3, -0.25) is 0 Å². The monoisotopic (exact) mass is 564 g/mol. The number of hydrogen-bond acceptors (Lipinski definition) is 0. The fraction of sp³-hybridized carbons (Fsp3) is 0. The molecule has 0 aromatic heterocycles. The van der Waals surface area contributed by atoms with Gasteiger partial charge >= 0.3 is 0 Å². The van der Waals surface area contributed by atoms with Crippen molar-refractivity contribution < 1.29 is 11.0 Å². The molecular formula is C44H28. The minimum Gasteiger partial charge on any atom is -0.0622 e. The Balaban J connectivity index is 1.45. The van der Waals surface area contributed by atoms with E-state index in [0.717, 1.165) is 43.4 Å². The van der Waals surface area contributed by atoms with Gasteiger partial charge in [0.1, 0.15) is 0 Å². The van der Waals surface area contributed by atoms with E-state index >= 15 is 0 Å². The minimum absolute atomic E-state index is 0.203. The van der Waals surface area contributed by atoms with Gasteiger partial charge in [0.25, 0.3) is 0 Å². The van der Waals surface area contributed by atoms with Gasteiger partial charge in [0.2, 0.25) is 0 Å². The number of benzene rings is 9. The maximum Gasteiger partial charge on any atom is 0.0629 e. The van der Waals surface area contributed by atoms with Gasteiger partial charge in [-0.1, -0.05) is 158 Å². The topological polar surface area (TPSA) is 0 Å². The van der Waals surface area contributed by atoms with Crippen molar-refractivity contribution in [2.75, 3.05) is 0 Å². The fourth-order valence-corrected chi connectivity index (χ4v) is 6.77. The smallest absolute Gasteiger partial charge is 0.0622 e. The summed E-state index contributed by atoms with van der Waals surface area (Å²) in [5.41, 5.74) is 3.67. The molecule has 0 saturated carbocycles. The molecule has 0 aliphatic carbocycles. The van der Waals surface area contributed by atoms with Crippen LogP contribution in [-0.4, -0.2) is 0 Å². The van der Waals surface area contributed by atoms with E-state index in [2.05, 4.69) is 48.5 Å². The number of hydrogen-bond donors (Lipinski definition) is 0. The first-order chi connectivity index (χ1) is 25.2. The van der Waals surface area contributed by atoms with E-state index in [4.69, 9.17) is 5.48 Å². The molecule has 0 radical (unpaired) electrons. The Bertz CT molecular complexity index is 2910. The lowest BCUT2D eigenvalue weighted by Gasteiger charge is -2.18. The van der Waals surface area contributed by atoms with Gasteiger partial charge in [0.05, 0.1) is 11.0 Å². The van der Waals surface area contributed by atoms with Crippen molar-refractivity contribution in [3.63, 3.8) is 0 Å². The predicted molar refractivity (Wildman–Crippen MR) is 190 cm³/mol. The van der Waals surface area contributed by atoms with Crippen LogP contribution in [0.15, 0.2) is 170 Å². The molecule has 0 heteroatoms. The third-order valence-corrected chi connectivity index (χ3v) is 8.65. The molecule has 0 saturated heterocycles. The van der Waals surface area contributed by atoms with E-state index in [-0.39, 0.29) is 45.7 Å². The summed E-state index contributed by atoms with van der Waals surface area (Å²) >= 11 is 0. The van der Waals surface area contributed by atoms with Gasteiger partial charge in [-0.2, -0.15) is 0 Å². The minimum atomic E-state index is -0.415. The zero-order chi connectivity index (χ0) is 36.0. The molecule has 0 bridgehead atoms. The highest BCUT2D eigenvalue weighted by Gasteiger charge is 2.17. The van der Waals surface area contributed by atoms with Crippen LogP contribution in [0.1, 0.15) is 11.0 Å². The lowest BCUT2D eigenvalue weighted by atomic mass is 9.85. The lowest BCUT2D eigenvalue weighted by Crippen LogP contribution is -1.91. The molecule has 204 valence electrons. The van der Waals surface area contributed by atoms with Crippen LogP contribution in [0, 0.1) is 0 Å². The number of fused-ring (bicyclic) bond motifs is 7. The van der Waals surface area contributed by atoms with E-state index in [1.54, 1.807) is 24.3 Å². The summed E-state index contributed by atoms with van der Waals surface area (Å²) in [7, 11) is 0. The second-order valence-electron chi connectivity index (χ2n) is 11.1. The summed E-state index contributed by atoms with van der Waals surface area (Å²) in [4.78, 5) is 0. The van der Waals surface area contributed by atoms with Crippen molar-refractivity contribution in [3.05, 3.63) is 170 Å². The molecule has 0 amide bonds. The zero-order valence-electron chi connectivity index (χ0n) is 31.5. The van der Waals surface area contributed by atoms with Crippen molar-refractivity contribution in [1.82, 2.24) is 0 Å². The van der Waals surface area contributed by atoms with E-state index in [1.807, 2.05) is 48.5 Å². The molecule has 0 heterocycles. The van der Waals surface area contributed by atoms with Crippen LogP contribution in [-0.2, 0) is 0 Å². The van der Waals surface area contributed by atoms with Crippen molar-refractivity contribution in [2.45, 2.75) is 0 Å². The Labute approximate surface area is 267 Å². The van der Waals surface area contributed by atoms with Crippen LogP contribution in [0.4, 0.5) is 0 Å². The molecular weight excluding hydrogens is 528 g/mol.